The van der Waals surface area contributed by atoms with Crippen molar-refractivity contribution < 1.29 is 4.79 Å². The van der Waals surface area contributed by atoms with Crippen LogP contribution in [0.15, 0.2) is 41.4 Å². The van der Waals surface area contributed by atoms with Crippen LogP contribution in [0.5, 0.6) is 0 Å². The second kappa shape index (κ2) is 8.02. The Hall–Kier alpha value is -2.01. The average Bonchev–Trinajstić information content (AvgIpc) is 3.05. The zero-order valence-corrected chi connectivity index (χ0v) is 13.9. The van der Waals surface area contributed by atoms with Gasteiger partial charge in [-0.1, -0.05) is 17.7 Å². The minimum absolute atomic E-state index is 0.0410. The van der Waals surface area contributed by atoms with Crippen molar-refractivity contribution in [2.24, 2.45) is 0 Å². The van der Waals surface area contributed by atoms with Crippen LogP contribution in [0.1, 0.15) is 37.8 Å². The van der Waals surface area contributed by atoms with E-state index in [-0.39, 0.29) is 5.91 Å². The Balaban J connectivity index is 1.46. The number of carbonyl (C=O) groups is 1. The molecule has 3 rings (SSSR count). The van der Waals surface area contributed by atoms with Crippen molar-refractivity contribution in [1.29, 1.82) is 0 Å². The van der Waals surface area contributed by atoms with E-state index in [1.54, 1.807) is 6.20 Å². The summed E-state index contributed by atoms with van der Waals surface area (Å²) in [5, 5.41) is 5.80. The highest BCUT2D eigenvalue weighted by molar-refractivity contribution is 7.13. The van der Waals surface area contributed by atoms with Gasteiger partial charge in [-0.15, -0.1) is 11.3 Å². The standard InChI is InChI=1S/C18H21N3OS/c22-17(20-11-9-14-6-2-1-3-7-14)12-15-13-23-18(21-15)16-8-4-5-10-19-16/h4-6,8,10,13H,1-3,7,9,11-12H2,(H,20,22). The molecule has 120 valence electrons. The molecule has 2 heterocycles. The SMILES string of the molecule is O=C(Cc1csc(-c2ccccn2)n1)NCCC1=CCCCC1. The molecular formula is C18H21N3OS. The smallest absolute Gasteiger partial charge is 0.226 e. The highest BCUT2D eigenvalue weighted by Gasteiger charge is 2.10. The van der Waals surface area contributed by atoms with E-state index in [9.17, 15) is 4.79 Å². The number of aromatic nitrogens is 2. The van der Waals surface area contributed by atoms with Gasteiger partial charge in [-0.2, -0.15) is 0 Å². The van der Waals surface area contributed by atoms with Crippen molar-refractivity contribution in [3.63, 3.8) is 0 Å². The molecule has 1 amide bonds. The number of amides is 1. The monoisotopic (exact) mass is 327 g/mol. The molecule has 5 heteroatoms. The van der Waals surface area contributed by atoms with Crippen molar-refractivity contribution in [1.82, 2.24) is 15.3 Å². The molecule has 0 aliphatic heterocycles. The van der Waals surface area contributed by atoms with E-state index in [4.69, 9.17) is 0 Å². The first-order valence-corrected chi connectivity index (χ1v) is 8.99. The summed E-state index contributed by atoms with van der Waals surface area (Å²) >= 11 is 1.53. The van der Waals surface area contributed by atoms with Crippen LogP contribution in [-0.2, 0) is 11.2 Å². The molecule has 1 aliphatic rings. The van der Waals surface area contributed by atoms with Gasteiger partial charge < -0.3 is 5.32 Å². The maximum Gasteiger partial charge on any atom is 0.226 e. The average molecular weight is 327 g/mol. The first-order valence-electron chi connectivity index (χ1n) is 8.12. The van der Waals surface area contributed by atoms with Crippen molar-refractivity contribution in [3.05, 3.63) is 47.1 Å². The molecule has 0 spiro atoms. The van der Waals surface area contributed by atoms with Gasteiger partial charge in [-0.25, -0.2) is 4.98 Å². The number of allylic oxidation sites excluding steroid dienone is 1. The lowest BCUT2D eigenvalue weighted by Crippen LogP contribution is -2.26. The van der Waals surface area contributed by atoms with Crippen LogP contribution >= 0.6 is 11.3 Å². The third-order valence-corrected chi connectivity index (χ3v) is 4.84. The summed E-state index contributed by atoms with van der Waals surface area (Å²) in [7, 11) is 0. The lowest BCUT2D eigenvalue weighted by Gasteiger charge is -2.12. The molecule has 2 aromatic rings. The van der Waals surface area contributed by atoms with Gasteiger partial charge in [0.1, 0.15) is 5.01 Å². The molecule has 0 fully saturated rings. The zero-order valence-electron chi connectivity index (χ0n) is 13.1. The van der Waals surface area contributed by atoms with Gasteiger partial charge in [0.2, 0.25) is 5.91 Å². The lowest BCUT2D eigenvalue weighted by atomic mass is 9.97. The fourth-order valence-electron chi connectivity index (χ4n) is 2.72. The molecular weight excluding hydrogens is 306 g/mol. The van der Waals surface area contributed by atoms with Crippen molar-refractivity contribution >= 4 is 17.2 Å². The van der Waals surface area contributed by atoms with Gasteiger partial charge >= 0.3 is 0 Å². The quantitative estimate of drug-likeness (QED) is 0.822. The van der Waals surface area contributed by atoms with E-state index in [1.807, 2.05) is 23.6 Å². The fraction of sp³-hybridized carbons (Fsp3) is 0.389. The second-order valence-corrected chi connectivity index (χ2v) is 6.60. The Labute approximate surface area is 140 Å². The van der Waals surface area contributed by atoms with Gasteiger partial charge in [-0.3, -0.25) is 9.78 Å². The molecule has 0 saturated carbocycles. The van der Waals surface area contributed by atoms with Crippen LogP contribution in [0, 0.1) is 0 Å². The van der Waals surface area contributed by atoms with Crippen LogP contribution in [0.4, 0.5) is 0 Å². The van der Waals surface area contributed by atoms with E-state index in [0.717, 1.165) is 29.4 Å². The van der Waals surface area contributed by atoms with E-state index >= 15 is 0 Å². The number of rotatable bonds is 6. The number of hydrogen-bond donors (Lipinski definition) is 1. The summed E-state index contributed by atoms with van der Waals surface area (Å²) in [5.74, 6) is 0.0410. The maximum atomic E-state index is 12.0. The molecule has 1 N–H and O–H groups in total. The number of nitrogens with zero attached hydrogens (tertiary/aromatic N) is 2. The molecule has 0 aromatic carbocycles. The largest absolute Gasteiger partial charge is 0.355 e. The number of thiazole rings is 1. The van der Waals surface area contributed by atoms with E-state index < -0.39 is 0 Å². The Bertz CT molecular complexity index is 679. The van der Waals surface area contributed by atoms with Crippen LogP contribution in [-0.4, -0.2) is 22.4 Å². The first-order chi connectivity index (χ1) is 11.3. The summed E-state index contributed by atoms with van der Waals surface area (Å²) in [4.78, 5) is 20.8. The molecule has 0 bridgehead atoms. The summed E-state index contributed by atoms with van der Waals surface area (Å²) < 4.78 is 0. The number of carbonyl (C=O) groups excluding carboxylic acids is 1. The van der Waals surface area contributed by atoms with Gasteiger partial charge in [0.15, 0.2) is 0 Å². The minimum Gasteiger partial charge on any atom is -0.355 e. The van der Waals surface area contributed by atoms with Gasteiger partial charge in [0.25, 0.3) is 0 Å². The molecule has 1 aliphatic carbocycles. The molecule has 23 heavy (non-hydrogen) atoms. The van der Waals surface area contributed by atoms with E-state index in [2.05, 4.69) is 21.4 Å². The highest BCUT2D eigenvalue weighted by atomic mass is 32.1. The van der Waals surface area contributed by atoms with Crippen molar-refractivity contribution in [2.45, 2.75) is 38.5 Å². The van der Waals surface area contributed by atoms with Crippen LogP contribution in [0.2, 0.25) is 0 Å². The predicted molar refractivity (Wildman–Crippen MR) is 93.2 cm³/mol. The summed E-state index contributed by atoms with van der Waals surface area (Å²) in [6.45, 7) is 0.724. The minimum atomic E-state index is 0.0410. The summed E-state index contributed by atoms with van der Waals surface area (Å²) in [6, 6.07) is 5.75. The van der Waals surface area contributed by atoms with Crippen LogP contribution in [0.3, 0.4) is 0 Å². The Morgan fingerprint density at radius 3 is 3.04 bits per heavy atom. The Morgan fingerprint density at radius 1 is 1.30 bits per heavy atom. The van der Waals surface area contributed by atoms with E-state index in [1.165, 1.54) is 42.6 Å². The predicted octanol–water partition coefficient (Wildman–Crippen LogP) is 3.75. The topological polar surface area (TPSA) is 54.9 Å². The summed E-state index contributed by atoms with van der Waals surface area (Å²) in [5.41, 5.74) is 3.15. The van der Waals surface area contributed by atoms with Gasteiger partial charge in [-0.05, 0) is 44.2 Å². The molecule has 0 unspecified atom stereocenters. The van der Waals surface area contributed by atoms with Gasteiger partial charge in [0.05, 0.1) is 17.8 Å². The normalized spacial score (nSPS) is 14.3. The Morgan fingerprint density at radius 2 is 2.26 bits per heavy atom. The Kier molecular flexibility index (Phi) is 5.53. The summed E-state index contributed by atoms with van der Waals surface area (Å²) in [6.07, 6.45) is 10.4. The third-order valence-electron chi connectivity index (χ3n) is 3.93. The number of pyridine rings is 1. The molecule has 4 nitrogen and oxygen atoms in total. The van der Waals surface area contributed by atoms with Crippen molar-refractivity contribution in [2.75, 3.05) is 6.54 Å². The van der Waals surface area contributed by atoms with E-state index in [0.29, 0.717) is 6.42 Å². The fourth-order valence-corrected chi connectivity index (χ4v) is 3.51. The lowest BCUT2D eigenvalue weighted by molar-refractivity contribution is -0.120. The van der Waals surface area contributed by atoms with Crippen molar-refractivity contribution in [3.8, 4) is 10.7 Å². The number of hydrogen-bond acceptors (Lipinski definition) is 4. The second-order valence-electron chi connectivity index (χ2n) is 5.74. The van der Waals surface area contributed by atoms with Crippen LogP contribution in [0.25, 0.3) is 10.7 Å². The van der Waals surface area contributed by atoms with Crippen LogP contribution < -0.4 is 5.32 Å². The maximum absolute atomic E-state index is 12.0. The zero-order chi connectivity index (χ0) is 15.9. The molecule has 2 aromatic heterocycles. The number of nitrogens with one attached hydrogen (secondary N) is 1. The molecule has 0 radical (unpaired) electrons. The third kappa shape index (κ3) is 4.73. The molecule has 0 saturated heterocycles. The highest BCUT2D eigenvalue weighted by Crippen LogP contribution is 2.21. The van der Waals surface area contributed by atoms with Gasteiger partial charge in [0, 0.05) is 18.1 Å². The molecule has 0 atom stereocenters. The first kappa shape index (κ1) is 15.9.